The van der Waals surface area contributed by atoms with E-state index in [9.17, 15) is 13.2 Å². The summed E-state index contributed by atoms with van der Waals surface area (Å²) in [6.07, 6.45) is 6.71. The number of nitrogens with one attached hydrogen (secondary N) is 2. The van der Waals surface area contributed by atoms with Crippen molar-refractivity contribution in [3.05, 3.63) is 69.9 Å². The van der Waals surface area contributed by atoms with E-state index in [4.69, 9.17) is 4.98 Å². The lowest BCUT2D eigenvalue weighted by molar-refractivity contribution is 0.474. The maximum atomic E-state index is 13.4. The van der Waals surface area contributed by atoms with Gasteiger partial charge >= 0.3 is 0 Å². The van der Waals surface area contributed by atoms with E-state index in [0.717, 1.165) is 35.5 Å². The molecule has 0 fully saturated rings. The van der Waals surface area contributed by atoms with Crippen LogP contribution in [-0.4, -0.2) is 45.0 Å². The fourth-order valence-electron chi connectivity index (χ4n) is 5.10. The van der Waals surface area contributed by atoms with E-state index in [0.29, 0.717) is 23.4 Å². The molecule has 1 aliphatic carbocycles. The summed E-state index contributed by atoms with van der Waals surface area (Å²) in [6, 6.07) is 9.70. The van der Waals surface area contributed by atoms with Crippen molar-refractivity contribution in [2.24, 2.45) is 0 Å². The lowest BCUT2D eigenvalue weighted by Crippen LogP contribution is -2.38. The molecule has 4 aromatic rings. The third-order valence-electron chi connectivity index (χ3n) is 6.94. The lowest BCUT2D eigenvalue weighted by Gasteiger charge is -2.25. The highest BCUT2D eigenvalue weighted by atomic mass is 32.2. The van der Waals surface area contributed by atoms with Crippen molar-refractivity contribution in [3.8, 4) is 5.69 Å². The van der Waals surface area contributed by atoms with Gasteiger partial charge in [-0.3, -0.25) is 9.78 Å². The Balaban J connectivity index is 1.54. The largest absolute Gasteiger partial charge is 0.324 e. The van der Waals surface area contributed by atoms with E-state index in [-0.39, 0.29) is 23.1 Å². The van der Waals surface area contributed by atoms with Crippen molar-refractivity contribution in [1.82, 2.24) is 29.0 Å². The zero-order valence-electron chi connectivity index (χ0n) is 23.2. The van der Waals surface area contributed by atoms with Gasteiger partial charge in [-0.05, 0) is 68.5 Å². The SMILES string of the molecule is CC(C)n1c(=O)c2cnc(Nc3ccc4c(c3)CC(NS(C)(=O)=O)CC4)nc2n1-c1ccnc(C(C)(C)C)c1. The first-order valence-electron chi connectivity index (χ1n) is 13.1. The predicted octanol–water partition coefficient (Wildman–Crippen LogP) is 4.01. The number of aromatic nitrogens is 5. The van der Waals surface area contributed by atoms with Gasteiger partial charge in [0.2, 0.25) is 16.0 Å². The van der Waals surface area contributed by atoms with Gasteiger partial charge in [-0.1, -0.05) is 26.8 Å². The Hall–Kier alpha value is -3.57. The zero-order valence-corrected chi connectivity index (χ0v) is 24.0. The van der Waals surface area contributed by atoms with E-state index in [1.807, 2.05) is 42.8 Å². The number of hydrogen-bond acceptors (Lipinski definition) is 7. The van der Waals surface area contributed by atoms with Crippen molar-refractivity contribution in [2.45, 2.75) is 71.4 Å². The Kier molecular flexibility index (Phi) is 6.84. The summed E-state index contributed by atoms with van der Waals surface area (Å²) in [7, 11) is -3.27. The van der Waals surface area contributed by atoms with Crippen LogP contribution in [0.4, 0.5) is 11.6 Å². The summed E-state index contributed by atoms with van der Waals surface area (Å²) < 4.78 is 29.7. The molecule has 39 heavy (non-hydrogen) atoms. The van der Waals surface area contributed by atoms with Crippen molar-refractivity contribution >= 4 is 32.7 Å². The van der Waals surface area contributed by atoms with Crippen LogP contribution < -0.4 is 15.6 Å². The molecule has 11 heteroatoms. The fraction of sp³-hybridized carbons (Fsp3) is 0.429. The highest BCUT2D eigenvalue weighted by molar-refractivity contribution is 7.88. The monoisotopic (exact) mass is 549 g/mol. The molecule has 0 saturated carbocycles. The van der Waals surface area contributed by atoms with Crippen LogP contribution in [0.5, 0.6) is 0 Å². The Morgan fingerprint density at radius 1 is 1.08 bits per heavy atom. The predicted molar refractivity (Wildman–Crippen MR) is 154 cm³/mol. The van der Waals surface area contributed by atoms with E-state index in [2.05, 4.69) is 46.8 Å². The van der Waals surface area contributed by atoms with E-state index >= 15 is 0 Å². The minimum Gasteiger partial charge on any atom is -0.324 e. The van der Waals surface area contributed by atoms with Crippen LogP contribution in [0.2, 0.25) is 0 Å². The van der Waals surface area contributed by atoms with Crippen LogP contribution in [0.3, 0.4) is 0 Å². The van der Waals surface area contributed by atoms with Crippen molar-refractivity contribution in [1.29, 1.82) is 0 Å². The van der Waals surface area contributed by atoms with Crippen LogP contribution >= 0.6 is 0 Å². The van der Waals surface area contributed by atoms with Gasteiger partial charge < -0.3 is 5.32 Å². The number of aryl methyl sites for hydroxylation is 1. The van der Waals surface area contributed by atoms with Crippen LogP contribution in [-0.2, 0) is 28.3 Å². The number of sulfonamides is 1. The molecule has 2 N–H and O–H groups in total. The van der Waals surface area contributed by atoms with E-state index in [1.165, 1.54) is 11.8 Å². The summed E-state index contributed by atoms with van der Waals surface area (Å²) >= 11 is 0. The Morgan fingerprint density at radius 3 is 2.54 bits per heavy atom. The number of rotatable bonds is 6. The smallest absolute Gasteiger partial charge is 0.278 e. The first-order chi connectivity index (χ1) is 18.3. The average molecular weight is 550 g/mol. The van der Waals surface area contributed by atoms with Crippen LogP contribution in [0.25, 0.3) is 16.7 Å². The average Bonchev–Trinajstić information content (AvgIpc) is 3.14. The molecule has 3 heterocycles. The Morgan fingerprint density at radius 2 is 1.85 bits per heavy atom. The van der Waals surface area contributed by atoms with Crippen molar-refractivity contribution < 1.29 is 8.42 Å². The molecule has 0 amide bonds. The second-order valence-corrected chi connectivity index (χ2v) is 13.4. The minimum absolute atomic E-state index is 0.108. The maximum absolute atomic E-state index is 13.4. The molecular weight excluding hydrogens is 514 g/mol. The minimum atomic E-state index is -3.27. The highest BCUT2D eigenvalue weighted by Gasteiger charge is 2.23. The van der Waals surface area contributed by atoms with Gasteiger partial charge in [0, 0.05) is 41.3 Å². The molecule has 1 atom stereocenters. The van der Waals surface area contributed by atoms with Crippen LogP contribution in [0, 0.1) is 0 Å². The van der Waals surface area contributed by atoms with Crippen molar-refractivity contribution in [3.63, 3.8) is 0 Å². The van der Waals surface area contributed by atoms with Crippen LogP contribution in [0.15, 0.2) is 47.5 Å². The fourth-order valence-corrected chi connectivity index (χ4v) is 5.91. The topological polar surface area (TPSA) is 124 Å². The molecule has 3 aromatic heterocycles. The van der Waals surface area contributed by atoms with Gasteiger partial charge in [0.1, 0.15) is 5.39 Å². The summed E-state index contributed by atoms with van der Waals surface area (Å²) in [5.74, 6) is 0.365. The van der Waals surface area contributed by atoms with Gasteiger partial charge in [-0.2, -0.15) is 4.98 Å². The second kappa shape index (κ2) is 9.87. The summed E-state index contributed by atoms with van der Waals surface area (Å²) in [5.41, 5.74) is 5.00. The van der Waals surface area contributed by atoms with Gasteiger partial charge in [0.25, 0.3) is 5.56 Å². The number of pyridine rings is 1. The molecule has 1 aromatic carbocycles. The number of fused-ring (bicyclic) bond motifs is 2. The van der Waals surface area contributed by atoms with E-state index < -0.39 is 10.0 Å². The Labute approximate surface area is 228 Å². The maximum Gasteiger partial charge on any atom is 0.278 e. The zero-order chi connectivity index (χ0) is 28.1. The molecule has 10 nitrogen and oxygen atoms in total. The van der Waals surface area contributed by atoms with Gasteiger partial charge in [0.05, 0.1) is 11.9 Å². The third kappa shape index (κ3) is 5.60. The molecule has 5 rings (SSSR count). The highest BCUT2D eigenvalue weighted by Crippen LogP contribution is 2.28. The first-order valence-corrected chi connectivity index (χ1v) is 15.0. The third-order valence-corrected chi connectivity index (χ3v) is 7.70. The molecule has 0 radical (unpaired) electrons. The quantitative estimate of drug-likeness (QED) is 0.372. The first kappa shape index (κ1) is 27.0. The Bertz CT molecular complexity index is 1720. The molecule has 1 unspecified atom stereocenters. The molecular formula is C28H35N7O3S. The van der Waals surface area contributed by atoms with Gasteiger partial charge in [0.15, 0.2) is 5.65 Å². The molecule has 206 valence electrons. The lowest BCUT2D eigenvalue weighted by atomic mass is 9.88. The second-order valence-electron chi connectivity index (χ2n) is 11.6. The number of benzene rings is 1. The molecule has 0 spiro atoms. The van der Waals surface area contributed by atoms with Gasteiger partial charge in [-0.15, -0.1) is 0 Å². The molecule has 0 bridgehead atoms. The summed E-state index contributed by atoms with van der Waals surface area (Å²) in [6.45, 7) is 10.2. The number of nitrogens with zero attached hydrogens (tertiary/aromatic N) is 5. The normalized spacial score (nSPS) is 16.0. The van der Waals surface area contributed by atoms with Gasteiger partial charge in [-0.25, -0.2) is 27.5 Å². The van der Waals surface area contributed by atoms with Crippen molar-refractivity contribution in [2.75, 3.05) is 11.6 Å². The molecule has 1 aliphatic rings. The molecule has 0 aliphatic heterocycles. The van der Waals surface area contributed by atoms with Crippen LogP contribution in [0.1, 0.15) is 63.9 Å². The standard InChI is InChI=1S/C28H35N7O3S/c1-17(2)34-26(36)23-16-30-27(32-25(23)35(34)22-11-12-29-24(15-22)28(3,4)5)31-20-9-7-18-8-10-21(14-19(18)13-20)33-39(6,37)38/h7,9,11-13,15-17,21,33H,8,10,14H2,1-6H3,(H,30,31,32). The number of hydrogen-bond donors (Lipinski definition) is 2. The summed E-state index contributed by atoms with van der Waals surface area (Å²) in [4.78, 5) is 27.2. The number of anilines is 2. The van der Waals surface area contributed by atoms with E-state index in [1.54, 1.807) is 17.1 Å². The molecule has 0 saturated heterocycles. The summed E-state index contributed by atoms with van der Waals surface area (Å²) in [5, 5.41) is 3.72.